The van der Waals surface area contributed by atoms with Crippen molar-refractivity contribution in [1.82, 2.24) is 0 Å². The molecule has 0 amide bonds. The van der Waals surface area contributed by atoms with E-state index < -0.39 is 0 Å². The number of benzene rings is 3. The molecule has 0 radical (unpaired) electrons. The first-order chi connectivity index (χ1) is 17.3. The maximum Gasteiger partial charge on any atom is 0.162 e. The normalized spacial score (nSPS) is 10.9. The van der Waals surface area contributed by atoms with E-state index in [1.54, 1.807) is 0 Å². The van der Waals surface area contributed by atoms with E-state index in [-0.39, 0.29) is 5.78 Å². The molecule has 0 atom stereocenters. The number of Topliss-reactive ketones (excluding diaryl/α,β-unsaturated/α-hetero) is 1. The van der Waals surface area contributed by atoms with E-state index in [4.69, 9.17) is 4.74 Å². The topological polar surface area (TPSA) is 26.3 Å². The summed E-state index contributed by atoms with van der Waals surface area (Å²) in [6.45, 7) is 0.801. The minimum atomic E-state index is 0.287. The van der Waals surface area contributed by atoms with Crippen LogP contribution in [0.3, 0.4) is 0 Å². The maximum atomic E-state index is 12.1. The first kappa shape index (κ1) is 26.7. The van der Waals surface area contributed by atoms with Crippen molar-refractivity contribution in [2.75, 3.05) is 6.61 Å². The van der Waals surface area contributed by atoms with Crippen molar-refractivity contribution in [3.8, 4) is 16.9 Å². The molecular weight excluding hydrogens is 428 g/mol. The number of unbranched alkanes of at least 4 members (excludes halogenated alkanes) is 11. The summed E-state index contributed by atoms with van der Waals surface area (Å²) in [5.41, 5.74) is 3.29. The molecule has 0 bridgehead atoms. The molecule has 186 valence electrons. The van der Waals surface area contributed by atoms with Gasteiger partial charge in [-0.05, 0) is 36.1 Å². The third kappa shape index (κ3) is 10.9. The first-order valence-electron chi connectivity index (χ1n) is 13.7. The molecule has 0 aliphatic rings. The van der Waals surface area contributed by atoms with Crippen LogP contribution in [-0.2, 0) is 0 Å². The fourth-order valence-corrected chi connectivity index (χ4v) is 4.51. The zero-order valence-electron chi connectivity index (χ0n) is 21.3. The van der Waals surface area contributed by atoms with Gasteiger partial charge in [-0.1, -0.05) is 137 Å². The van der Waals surface area contributed by atoms with Crippen molar-refractivity contribution in [3.05, 3.63) is 90.5 Å². The van der Waals surface area contributed by atoms with E-state index >= 15 is 0 Å². The van der Waals surface area contributed by atoms with Gasteiger partial charge in [-0.25, -0.2) is 0 Å². The van der Waals surface area contributed by atoms with Gasteiger partial charge in [0.25, 0.3) is 0 Å². The summed E-state index contributed by atoms with van der Waals surface area (Å²) >= 11 is 0. The number of rotatable bonds is 18. The lowest BCUT2D eigenvalue weighted by atomic mass is 10.0. The van der Waals surface area contributed by atoms with E-state index in [0.717, 1.165) is 30.8 Å². The quantitative estimate of drug-likeness (QED) is 0.137. The number of carbonyl (C=O) groups is 1. The SMILES string of the molecule is O=C(CCCCCCCCCCCCCCOc1cccc(-c2ccccc2)c1)c1ccccc1. The summed E-state index contributed by atoms with van der Waals surface area (Å²) in [4.78, 5) is 12.1. The second-order valence-electron chi connectivity index (χ2n) is 9.52. The van der Waals surface area contributed by atoms with Crippen LogP contribution in [0.4, 0.5) is 0 Å². The lowest BCUT2D eigenvalue weighted by molar-refractivity contribution is 0.0979. The zero-order valence-corrected chi connectivity index (χ0v) is 21.3. The minimum Gasteiger partial charge on any atom is -0.494 e. The molecule has 0 spiro atoms. The highest BCUT2D eigenvalue weighted by Gasteiger charge is 2.04. The molecule has 0 saturated carbocycles. The lowest BCUT2D eigenvalue weighted by Crippen LogP contribution is -1.98. The van der Waals surface area contributed by atoms with Crippen LogP contribution in [0.5, 0.6) is 5.75 Å². The van der Waals surface area contributed by atoms with E-state index in [1.807, 2.05) is 36.4 Å². The molecule has 3 aromatic rings. The fourth-order valence-electron chi connectivity index (χ4n) is 4.51. The molecule has 0 unspecified atom stereocenters. The van der Waals surface area contributed by atoms with Gasteiger partial charge in [-0.2, -0.15) is 0 Å². The van der Waals surface area contributed by atoms with Crippen molar-refractivity contribution >= 4 is 5.78 Å². The lowest BCUT2D eigenvalue weighted by Gasteiger charge is -2.08. The third-order valence-electron chi connectivity index (χ3n) is 6.60. The predicted octanol–water partition coefficient (Wildman–Crippen LogP) is 9.69. The maximum absolute atomic E-state index is 12.1. The summed E-state index contributed by atoms with van der Waals surface area (Å²) in [7, 11) is 0. The largest absolute Gasteiger partial charge is 0.494 e. The molecule has 0 fully saturated rings. The Bertz CT molecular complexity index is 949. The second-order valence-corrected chi connectivity index (χ2v) is 9.52. The Balaban J connectivity index is 1.09. The van der Waals surface area contributed by atoms with Gasteiger partial charge in [0.1, 0.15) is 5.75 Å². The molecule has 0 saturated heterocycles. The van der Waals surface area contributed by atoms with E-state index in [1.165, 1.54) is 75.3 Å². The Morgan fingerprint density at radius 3 is 1.66 bits per heavy atom. The van der Waals surface area contributed by atoms with Crippen LogP contribution in [0, 0.1) is 0 Å². The summed E-state index contributed by atoms with van der Waals surface area (Å²) in [5, 5.41) is 0. The molecule has 0 aliphatic carbocycles. The van der Waals surface area contributed by atoms with Gasteiger partial charge in [-0.3, -0.25) is 4.79 Å². The average molecular weight is 471 g/mol. The van der Waals surface area contributed by atoms with Gasteiger partial charge in [0.05, 0.1) is 6.61 Å². The van der Waals surface area contributed by atoms with Crippen LogP contribution < -0.4 is 4.74 Å². The van der Waals surface area contributed by atoms with E-state index in [0.29, 0.717) is 6.42 Å². The number of ketones is 1. The van der Waals surface area contributed by atoms with Gasteiger partial charge in [-0.15, -0.1) is 0 Å². The molecule has 0 aromatic heterocycles. The van der Waals surface area contributed by atoms with Gasteiger partial charge in [0.2, 0.25) is 0 Å². The Labute approximate surface area is 212 Å². The monoisotopic (exact) mass is 470 g/mol. The summed E-state index contributed by atoms with van der Waals surface area (Å²) < 4.78 is 5.98. The van der Waals surface area contributed by atoms with Gasteiger partial charge in [0, 0.05) is 12.0 Å². The van der Waals surface area contributed by atoms with Crippen LogP contribution in [0.1, 0.15) is 93.8 Å². The molecule has 0 N–H and O–H groups in total. The molecule has 0 aliphatic heterocycles. The molecule has 3 aromatic carbocycles. The van der Waals surface area contributed by atoms with Crippen LogP contribution in [0.2, 0.25) is 0 Å². The summed E-state index contributed by atoms with van der Waals surface area (Å²) in [5.74, 6) is 1.25. The van der Waals surface area contributed by atoms with Crippen molar-refractivity contribution in [1.29, 1.82) is 0 Å². The molecule has 2 nitrogen and oxygen atoms in total. The number of hydrogen-bond donors (Lipinski definition) is 0. The first-order valence-corrected chi connectivity index (χ1v) is 13.7. The van der Waals surface area contributed by atoms with Gasteiger partial charge >= 0.3 is 0 Å². The van der Waals surface area contributed by atoms with Crippen molar-refractivity contribution < 1.29 is 9.53 Å². The van der Waals surface area contributed by atoms with Crippen LogP contribution in [-0.4, -0.2) is 12.4 Å². The van der Waals surface area contributed by atoms with Crippen molar-refractivity contribution in [2.24, 2.45) is 0 Å². The van der Waals surface area contributed by atoms with Crippen LogP contribution in [0.25, 0.3) is 11.1 Å². The third-order valence-corrected chi connectivity index (χ3v) is 6.60. The summed E-state index contributed by atoms with van der Waals surface area (Å²) in [6.07, 6.45) is 15.9. The standard InChI is InChI=1S/C33H42O2/c34-33(30-22-15-12-16-23-30)26-17-9-7-5-3-1-2-4-6-8-10-18-27-35-32-25-19-24-31(28-32)29-20-13-11-14-21-29/h11-16,19-25,28H,1-10,17-18,26-27H2. The average Bonchev–Trinajstić information content (AvgIpc) is 2.92. The van der Waals surface area contributed by atoms with E-state index in [9.17, 15) is 4.79 Å². The Hall–Kier alpha value is -2.87. The van der Waals surface area contributed by atoms with Crippen molar-refractivity contribution in [2.45, 2.75) is 83.5 Å². The highest BCUT2D eigenvalue weighted by Crippen LogP contribution is 2.24. The number of ether oxygens (including phenoxy) is 1. The highest BCUT2D eigenvalue weighted by atomic mass is 16.5. The fraction of sp³-hybridized carbons (Fsp3) is 0.424. The smallest absolute Gasteiger partial charge is 0.162 e. The Morgan fingerprint density at radius 2 is 1.03 bits per heavy atom. The molecule has 0 heterocycles. The molecule has 2 heteroatoms. The van der Waals surface area contributed by atoms with E-state index in [2.05, 4.69) is 48.5 Å². The second kappa shape index (κ2) is 16.7. The molecule has 35 heavy (non-hydrogen) atoms. The molecular formula is C33H42O2. The van der Waals surface area contributed by atoms with Crippen LogP contribution >= 0.6 is 0 Å². The minimum absolute atomic E-state index is 0.287. The van der Waals surface area contributed by atoms with Crippen LogP contribution in [0.15, 0.2) is 84.9 Å². The Kier molecular flexibility index (Phi) is 12.8. The highest BCUT2D eigenvalue weighted by molar-refractivity contribution is 5.95. The predicted molar refractivity (Wildman–Crippen MR) is 148 cm³/mol. The number of hydrogen-bond acceptors (Lipinski definition) is 2. The Morgan fingerprint density at radius 1 is 0.514 bits per heavy atom. The summed E-state index contributed by atoms with van der Waals surface area (Å²) in [6, 6.07) is 28.5. The number of carbonyl (C=O) groups excluding carboxylic acids is 1. The zero-order chi connectivity index (χ0) is 24.4. The van der Waals surface area contributed by atoms with Gasteiger partial charge < -0.3 is 4.74 Å². The molecule has 3 rings (SSSR count). The van der Waals surface area contributed by atoms with Gasteiger partial charge in [0.15, 0.2) is 5.78 Å². The van der Waals surface area contributed by atoms with Crippen molar-refractivity contribution in [3.63, 3.8) is 0 Å².